The van der Waals surface area contributed by atoms with E-state index in [4.69, 9.17) is 23.2 Å². The molecule has 0 fully saturated rings. The van der Waals surface area contributed by atoms with Crippen molar-refractivity contribution in [1.82, 2.24) is 0 Å². The molecule has 0 unspecified atom stereocenters. The van der Waals surface area contributed by atoms with Gasteiger partial charge in [0.25, 0.3) is 0 Å². The van der Waals surface area contributed by atoms with Crippen molar-refractivity contribution in [2.45, 2.75) is 0 Å². The summed E-state index contributed by atoms with van der Waals surface area (Å²) in [7, 11) is 0. The molecule has 0 nitrogen and oxygen atoms in total. The van der Waals surface area contributed by atoms with Gasteiger partial charge in [0.2, 0.25) is 0 Å². The van der Waals surface area contributed by atoms with E-state index in [9.17, 15) is 0 Å². The van der Waals surface area contributed by atoms with Crippen molar-refractivity contribution in [2.24, 2.45) is 0 Å². The molecule has 4 heteroatoms. The number of benzene rings is 1. The molecule has 0 bridgehead atoms. The Morgan fingerprint density at radius 1 is 1.30 bits per heavy atom. The average molecular weight is 352 g/mol. The molecule has 0 N–H and O–H groups in total. The molecule has 0 saturated heterocycles. The van der Waals surface area contributed by atoms with Gasteiger partial charge >= 0.3 is 0 Å². The van der Waals surface area contributed by atoms with Crippen molar-refractivity contribution < 1.29 is 0 Å². The fraction of sp³-hybridized carbons (Fsp3) is 0. The summed E-state index contributed by atoms with van der Waals surface area (Å²) in [5.74, 6) is 0. The van der Waals surface area contributed by atoms with Crippen LogP contribution in [0.15, 0.2) is 16.6 Å². The molecule has 0 aliphatic rings. The zero-order valence-corrected chi connectivity index (χ0v) is 9.92. The lowest BCUT2D eigenvalue weighted by Gasteiger charge is -1.99. The SMILES string of the molecule is Clc1ccc(I)c(Cl)c1Br. The standard InChI is InChI=1S/C6H2BrCl2I/c7-5-3(8)1-2-4(10)6(5)9/h1-2H. The first-order valence-electron chi connectivity index (χ1n) is 2.42. The lowest BCUT2D eigenvalue weighted by Crippen LogP contribution is -1.76. The highest BCUT2D eigenvalue weighted by atomic mass is 127. The van der Waals surface area contributed by atoms with Gasteiger partial charge in [0.05, 0.1) is 14.5 Å². The van der Waals surface area contributed by atoms with Crippen LogP contribution in [-0.4, -0.2) is 0 Å². The molecule has 0 aromatic heterocycles. The average Bonchev–Trinajstić information content (AvgIpc) is 1.93. The third kappa shape index (κ3) is 1.78. The Bertz CT molecular complexity index is 235. The maximum absolute atomic E-state index is 5.84. The first-order valence-corrected chi connectivity index (χ1v) is 5.04. The second-order valence-electron chi connectivity index (χ2n) is 1.66. The summed E-state index contributed by atoms with van der Waals surface area (Å²) >= 11 is 17.0. The molecular formula is C6H2BrCl2I. The zero-order valence-electron chi connectivity index (χ0n) is 4.67. The minimum atomic E-state index is 0.644. The Hall–Kier alpha value is 1.01. The van der Waals surface area contributed by atoms with Gasteiger partial charge < -0.3 is 0 Å². The lowest BCUT2D eigenvalue weighted by atomic mass is 10.4. The molecule has 0 amide bonds. The van der Waals surface area contributed by atoms with Crippen molar-refractivity contribution in [1.29, 1.82) is 0 Å². The van der Waals surface area contributed by atoms with Gasteiger partial charge in [-0.3, -0.25) is 0 Å². The second-order valence-corrected chi connectivity index (χ2v) is 4.40. The van der Waals surface area contributed by atoms with E-state index < -0.39 is 0 Å². The highest BCUT2D eigenvalue weighted by Gasteiger charge is 2.04. The predicted molar refractivity (Wildman–Crippen MR) is 56.9 cm³/mol. The molecule has 1 aromatic rings. The van der Waals surface area contributed by atoms with E-state index in [-0.39, 0.29) is 0 Å². The molecule has 1 aromatic carbocycles. The van der Waals surface area contributed by atoms with Crippen LogP contribution in [0.3, 0.4) is 0 Å². The molecule has 1 rings (SSSR count). The molecule has 54 valence electrons. The zero-order chi connectivity index (χ0) is 7.72. The number of halogens is 4. The number of rotatable bonds is 0. The maximum Gasteiger partial charge on any atom is 0.0696 e. The smallest absolute Gasteiger partial charge is 0.0696 e. The Morgan fingerprint density at radius 2 is 1.90 bits per heavy atom. The van der Waals surface area contributed by atoms with E-state index in [2.05, 4.69) is 38.5 Å². The van der Waals surface area contributed by atoms with E-state index in [0.29, 0.717) is 10.0 Å². The molecule has 0 aliphatic heterocycles. The molecule has 10 heavy (non-hydrogen) atoms. The third-order valence-electron chi connectivity index (χ3n) is 0.988. The van der Waals surface area contributed by atoms with Crippen molar-refractivity contribution in [3.8, 4) is 0 Å². The van der Waals surface area contributed by atoms with Crippen LogP contribution >= 0.6 is 61.7 Å². The summed E-state index contributed by atoms with van der Waals surface area (Å²) in [4.78, 5) is 0. The maximum atomic E-state index is 5.84. The lowest BCUT2D eigenvalue weighted by molar-refractivity contribution is 1.59. The van der Waals surface area contributed by atoms with Crippen LogP contribution in [0.5, 0.6) is 0 Å². The van der Waals surface area contributed by atoms with Crippen LogP contribution in [0, 0.1) is 3.57 Å². The summed E-state index contributed by atoms with van der Waals surface area (Å²) in [5, 5.41) is 1.32. The third-order valence-corrected chi connectivity index (χ3v) is 4.19. The van der Waals surface area contributed by atoms with Crippen LogP contribution in [0.2, 0.25) is 10.0 Å². The monoisotopic (exact) mass is 350 g/mol. The molecule has 0 saturated carbocycles. The van der Waals surface area contributed by atoms with Crippen molar-refractivity contribution >= 4 is 61.7 Å². The van der Waals surface area contributed by atoms with Crippen molar-refractivity contribution in [3.05, 3.63) is 30.2 Å². The van der Waals surface area contributed by atoms with Crippen LogP contribution in [0.4, 0.5) is 0 Å². The van der Waals surface area contributed by atoms with Crippen LogP contribution in [0.1, 0.15) is 0 Å². The highest BCUT2D eigenvalue weighted by molar-refractivity contribution is 14.1. The van der Waals surface area contributed by atoms with E-state index in [1.165, 1.54) is 0 Å². The molecule has 0 heterocycles. The van der Waals surface area contributed by atoms with Gasteiger partial charge in [-0.25, -0.2) is 0 Å². The molecular weight excluding hydrogens is 350 g/mol. The van der Waals surface area contributed by atoms with Crippen molar-refractivity contribution in [3.63, 3.8) is 0 Å². The quantitative estimate of drug-likeness (QED) is 0.370. The number of hydrogen-bond acceptors (Lipinski definition) is 0. The van der Waals surface area contributed by atoms with Gasteiger partial charge in [-0.1, -0.05) is 23.2 Å². The largest absolute Gasteiger partial charge is 0.0831 e. The van der Waals surface area contributed by atoms with E-state index >= 15 is 0 Å². The first-order chi connectivity index (χ1) is 4.63. The van der Waals surface area contributed by atoms with E-state index in [1.54, 1.807) is 6.07 Å². The molecule has 0 aliphatic carbocycles. The van der Waals surface area contributed by atoms with Gasteiger partial charge in [0.1, 0.15) is 0 Å². The van der Waals surface area contributed by atoms with Gasteiger partial charge in [-0.15, -0.1) is 0 Å². The fourth-order valence-electron chi connectivity index (χ4n) is 0.502. The molecule has 0 radical (unpaired) electrons. The van der Waals surface area contributed by atoms with Gasteiger partial charge in [-0.2, -0.15) is 0 Å². The van der Waals surface area contributed by atoms with Crippen LogP contribution < -0.4 is 0 Å². The Morgan fingerprint density at radius 3 is 2.40 bits per heavy atom. The summed E-state index contributed by atoms with van der Waals surface area (Å²) in [6, 6.07) is 3.68. The van der Waals surface area contributed by atoms with Gasteiger partial charge in [-0.05, 0) is 50.7 Å². The summed E-state index contributed by atoms with van der Waals surface area (Å²) in [5.41, 5.74) is 0. The second kappa shape index (κ2) is 3.61. The van der Waals surface area contributed by atoms with Crippen LogP contribution in [-0.2, 0) is 0 Å². The van der Waals surface area contributed by atoms with Gasteiger partial charge in [0.15, 0.2) is 0 Å². The Kier molecular flexibility index (Phi) is 3.28. The minimum Gasteiger partial charge on any atom is -0.0831 e. The summed E-state index contributed by atoms with van der Waals surface area (Å²) in [6.07, 6.45) is 0. The normalized spacial score (nSPS) is 10.0. The number of hydrogen-bond donors (Lipinski definition) is 0. The van der Waals surface area contributed by atoms with E-state index in [1.807, 2.05) is 6.07 Å². The Labute approximate surface area is 91.2 Å². The summed E-state index contributed by atoms with van der Waals surface area (Å²) in [6.45, 7) is 0. The van der Waals surface area contributed by atoms with Crippen molar-refractivity contribution in [2.75, 3.05) is 0 Å². The molecule has 0 atom stereocenters. The predicted octanol–water partition coefficient (Wildman–Crippen LogP) is 4.36. The van der Waals surface area contributed by atoms with Gasteiger partial charge in [0, 0.05) is 3.57 Å². The van der Waals surface area contributed by atoms with Crippen LogP contribution in [0.25, 0.3) is 0 Å². The van der Waals surface area contributed by atoms with E-state index in [0.717, 1.165) is 8.04 Å². The fourth-order valence-corrected chi connectivity index (χ4v) is 2.04. The Balaban J connectivity index is 3.34. The topological polar surface area (TPSA) is 0 Å². The minimum absolute atomic E-state index is 0.644. The first kappa shape index (κ1) is 9.10. The summed E-state index contributed by atoms with van der Waals surface area (Å²) < 4.78 is 1.76. The highest BCUT2D eigenvalue weighted by Crippen LogP contribution is 2.33. The molecule has 0 spiro atoms.